The van der Waals surface area contributed by atoms with Gasteiger partial charge in [0, 0.05) is 20.6 Å². The zero-order valence-electron chi connectivity index (χ0n) is 9.18. The van der Waals surface area contributed by atoms with E-state index in [0.29, 0.717) is 0 Å². The molecule has 0 atom stereocenters. The third-order valence-electron chi connectivity index (χ3n) is 2.51. The average Bonchev–Trinajstić information content (AvgIpc) is 2.19. The van der Waals surface area contributed by atoms with E-state index in [-0.39, 0.29) is 0 Å². The molecule has 0 aliphatic heterocycles. The molecule has 0 saturated heterocycles. The molecule has 2 nitrogen and oxygen atoms in total. The van der Waals surface area contributed by atoms with Crippen LogP contribution in [0.3, 0.4) is 0 Å². The van der Waals surface area contributed by atoms with Crippen LogP contribution in [0.15, 0.2) is 11.6 Å². The Morgan fingerprint density at radius 2 is 2.29 bits per heavy atom. The molecule has 1 aliphatic rings. The summed E-state index contributed by atoms with van der Waals surface area (Å²) in [5.74, 6) is 0. The normalized spacial score (nSPS) is 16.0. The van der Waals surface area contributed by atoms with Gasteiger partial charge in [-0.2, -0.15) is 0 Å². The Labute approximate surface area is 92.4 Å². The second-order valence-electron chi connectivity index (χ2n) is 3.98. The number of hydrogen-bond donors (Lipinski definition) is 1. The predicted octanol–water partition coefficient (Wildman–Crippen LogP) is 2.31. The maximum absolute atomic E-state index is 5.14. The lowest BCUT2D eigenvalue weighted by molar-refractivity contribution is 0.595. The summed E-state index contributed by atoms with van der Waals surface area (Å²) < 4.78 is 0. The van der Waals surface area contributed by atoms with Gasteiger partial charge in [-0.1, -0.05) is 11.6 Å². The molecule has 80 valence electrons. The Morgan fingerprint density at radius 1 is 1.50 bits per heavy atom. The van der Waals surface area contributed by atoms with Gasteiger partial charge in [0.05, 0.1) is 0 Å². The number of hydrogen-bond acceptors (Lipinski definition) is 1. The molecule has 1 aliphatic carbocycles. The minimum atomic E-state index is 0.835. The Balaban J connectivity index is 2.14. The summed E-state index contributed by atoms with van der Waals surface area (Å²) in [6.45, 7) is 0.975. The van der Waals surface area contributed by atoms with E-state index < -0.39 is 0 Å². The Morgan fingerprint density at radius 3 is 2.86 bits per heavy atom. The van der Waals surface area contributed by atoms with Crippen molar-refractivity contribution in [3.8, 4) is 0 Å². The fourth-order valence-corrected chi connectivity index (χ4v) is 1.72. The molecule has 0 radical (unpaired) electrons. The standard InChI is InChI=1S/C11H20N2S/c1-13(2)11(14)12-9-8-10-6-4-3-5-7-10/h6H,3-5,7-9H2,1-2H3,(H,12,14). The predicted molar refractivity (Wildman–Crippen MR) is 65.5 cm³/mol. The monoisotopic (exact) mass is 212 g/mol. The first-order valence-electron chi connectivity index (χ1n) is 5.33. The number of rotatable bonds is 3. The van der Waals surface area contributed by atoms with Crippen molar-refractivity contribution in [2.45, 2.75) is 32.1 Å². The number of allylic oxidation sites excluding steroid dienone is 1. The molecular formula is C11H20N2S. The zero-order chi connectivity index (χ0) is 10.4. The molecule has 0 aromatic heterocycles. The second kappa shape index (κ2) is 6.02. The third-order valence-corrected chi connectivity index (χ3v) is 3.02. The van der Waals surface area contributed by atoms with Crippen LogP contribution in [0.4, 0.5) is 0 Å². The average molecular weight is 212 g/mol. The fourth-order valence-electron chi connectivity index (χ4n) is 1.62. The molecule has 1 rings (SSSR count). The van der Waals surface area contributed by atoms with Crippen molar-refractivity contribution in [2.75, 3.05) is 20.6 Å². The van der Waals surface area contributed by atoms with Crippen LogP contribution in [-0.4, -0.2) is 30.7 Å². The molecule has 0 aromatic rings. The number of nitrogens with zero attached hydrogens (tertiary/aromatic N) is 1. The van der Waals surface area contributed by atoms with E-state index in [4.69, 9.17) is 12.2 Å². The third kappa shape index (κ3) is 4.09. The summed E-state index contributed by atoms with van der Waals surface area (Å²) >= 11 is 5.14. The number of nitrogens with one attached hydrogen (secondary N) is 1. The van der Waals surface area contributed by atoms with Crippen molar-refractivity contribution in [2.24, 2.45) is 0 Å². The summed E-state index contributed by atoms with van der Waals surface area (Å²) in [7, 11) is 3.93. The molecule has 0 aromatic carbocycles. The van der Waals surface area contributed by atoms with Crippen LogP contribution in [-0.2, 0) is 0 Å². The van der Waals surface area contributed by atoms with E-state index in [1.165, 1.54) is 25.7 Å². The van der Waals surface area contributed by atoms with E-state index >= 15 is 0 Å². The van der Waals surface area contributed by atoms with Gasteiger partial charge in [0.1, 0.15) is 0 Å². The maximum Gasteiger partial charge on any atom is 0.168 e. The van der Waals surface area contributed by atoms with Gasteiger partial charge < -0.3 is 10.2 Å². The maximum atomic E-state index is 5.14. The highest BCUT2D eigenvalue weighted by Gasteiger charge is 2.03. The van der Waals surface area contributed by atoms with Gasteiger partial charge >= 0.3 is 0 Å². The number of thiocarbonyl (C=S) groups is 1. The van der Waals surface area contributed by atoms with Crippen LogP contribution in [0.1, 0.15) is 32.1 Å². The Bertz CT molecular complexity index is 221. The molecule has 14 heavy (non-hydrogen) atoms. The van der Waals surface area contributed by atoms with Crippen LogP contribution < -0.4 is 5.32 Å². The highest BCUT2D eigenvalue weighted by Crippen LogP contribution is 2.19. The van der Waals surface area contributed by atoms with Gasteiger partial charge in [0.15, 0.2) is 5.11 Å². The fraction of sp³-hybridized carbons (Fsp3) is 0.727. The van der Waals surface area contributed by atoms with Crippen LogP contribution in [0, 0.1) is 0 Å². The van der Waals surface area contributed by atoms with Crippen LogP contribution in [0.2, 0.25) is 0 Å². The Hall–Kier alpha value is -0.570. The van der Waals surface area contributed by atoms with Gasteiger partial charge in [-0.15, -0.1) is 0 Å². The Kier molecular flexibility index (Phi) is 4.94. The largest absolute Gasteiger partial charge is 0.362 e. The molecule has 0 saturated carbocycles. The molecular weight excluding hydrogens is 192 g/mol. The molecule has 1 N–H and O–H groups in total. The molecule has 0 spiro atoms. The van der Waals surface area contributed by atoms with Gasteiger partial charge in [-0.25, -0.2) is 0 Å². The molecule has 0 heterocycles. The smallest absolute Gasteiger partial charge is 0.168 e. The molecule has 0 fully saturated rings. The lowest BCUT2D eigenvalue weighted by Crippen LogP contribution is -2.34. The van der Waals surface area contributed by atoms with Gasteiger partial charge in [0.25, 0.3) is 0 Å². The zero-order valence-corrected chi connectivity index (χ0v) is 9.99. The van der Waals surface area contributed by atoms with E-state index in [9.17, 15) is 0 Å². The molecule has 0 unspecified atom stereocenters. The van der Waals surface area contributed by atoms with Crippen molar-refractivity contribution in [3.05, 3.63) is 11.6 Å². The van der Waals surface area contributed by atoms with E-state index in [0.717, 1.165) is 18.1 Å². The molecule has 3 heteroatoms. The van der Waals surface area contributed by atoms with Crippen LogP contribution in [0.25, 0.3) is 0 Å². The lowest BCUT2D eigenvalue weighted by atomic mass is 9.97. The van der Waals surface area contributed by atoms with Crippen molar-refractivity contribution in [3.63, 3.8) is 0 Å². The minimum Gasteiger partial charge on any atom is -0.362 e. The van der Waals surface area contributed by atoms with E-state index in [1.54, 1.807) is 5.57 Å². The van der Waals surface area contributed by atoms with Crippen molar-refractivity contribution < 1.29 is 0 Å². The summed E-state index contributed by atoms with van der Waals surface area (Å²) in [5, 5.41) is 4.08. The summed E-state index contributed by atoms with van der Waals surface area (Å²) in [6, 6.07) is 0. The van der Waals surface area contributed by atoms with Crippen molar-refractivity contribution in [1.29, 1.82) is 0 Å². The first-order chi connectivity index (χ1) is 6.70. The van der Waals surface area contributed by atoms with Crippen molar-refractivity contribution >= 4 is 17.3 Å². The van der Waals surface area contributed by atoms with E-state index in [1.807, 2.05) is 19.0 Å². The van der Waals surface area contributed by atoms with Gasteiger partial charge in [-0.05, 0) is 44.3 Å². The highest BCUT2D eigenvalue weighted by atomic mass is 32.1. The van der Waals surface area contributed by atoms with E-state index in [2.05, 4.69) is 11.4 Å². The second-order valence-corrected chi connectivity index (χ2v) is 4.37. The first-order valence-corrected chi connectivity index (χ1v) is 5.74. The molecule has 0 amide bonds. The van der Waals surface area contributed by atoms with Crippen molar-refractivity contribution in [1.82, 2.24) is 10.2 Å². The lowest BCUT2D eigenvalue weighted by Gasteiger charge is -2.17. The highest BCUT2D eigenvalue weighted by molar-refractivity contribution is 7.80. The summed E-state index contributed by atoms with van der Waals surface area (Å²) in [6.07, 6.45) is 8.83. The topological polar surface area (TPSA) is 15.3 Å². The van der Waals surface area contributed by atoms with Gasteiger partial charge in [-0.3, -0.25) is 0 Å². The molecule has 0 bridgehead atoms. The summed E-state index contributed by atoms with van der Waals surface area (Å²) in [4.78, 5) is 1.94. The van der Waals surface area contributed by atoms with Gasteiger partial charge in [0.2, 0.25) is 0 Å². The first kappa shape index (κ1) is 11.5. The SMILES string of the molecule is CN(C)C(=S)NCCC1=CCCCC1. The van der Waals surface area contributed by atoms with Crippen LogP contribution >= 0.6 is 12.2 Å². The van der Waals surface area contributed by atoms with Crippen LogP contribution in [0.5, 0.6) is 0 Å². The summed E-state index contributed by atoms with van der Waals surface area (Å²) in [5.41, 5.74) is 1.60. The quantitative estimate of drug-likeness (QED) is 0.571. The minimum absolute atomic E-state index is 0.835.